The van der Waals surface area contributed by atoms with E-state index in [0.717, 1.165) is 6.54 Å². The summed E-state index contributed by atoms with van der Waals surface area (Å²) in [5.41, 5.74) is 0. The Morgan fingerprint density at radius 2 is 1.87 bits per heavy atom. The summed E-state index contributed by atoms with van der Waals surface area (Å²) in [5.74, 6) is 2.66. The van der Waals surface area contributed by atoms with Gasteiger partial charge in [-0.3, -0.25) is 4.90 Å². The predicted octanol–water partition coefficient (Wildman–Crippen LogP) is 0.329. The maximum atomic E-state index is 3.49. The molecule has 3 nitrogen and oxygen atoms in total. The number of hydrogen-bond acceptors (Lipinski definition) is 4. The zero-order valence-corrected chi connectivity index (χ0v) is 10.6. The van der Waals surface area contributed by atoms with Crippen LogP contribution in [-0.4, -0.2) is 73.2 Å². The molecule has 1 unspecified atom stereocenters. The largest absolute Gasteiger partial charge is 0.312 e. The van der Waals surface area contributed by atoms with E-state index in [4.69, 9.17) is 0 Å². The summed E-state index contributed by atoms with van der Waals surface area (Å²) in [4.78, 5) is 5.21. The van der Waals surface area contributed by atoms with Gasteiger partial charge in [0.2, 0.25) is 0 Å². The van der Waals surface area contributed by atoms with Gasteiger partial charge in [-0.05, 0) is 6.92 Å². The van der Waals surface area contributed by atoms with Gasteiger partial charge in [0.15, 0.2) is 0 Å². The summed E-state index contributed by atoms with van der Waals surface area (Å²) in [6.45, 7) is 11.0. The van der Waals surface area contributed by atoms with Gasteiger partial charge in [-0.25, -0.2) is 0 Å². The Bertz CT molecular complexity index is 183. The summed E-state index contributed by atoms with van der Waals surface area (Å²) in [7, 11) is 0. The molecule has 0 saturated carbocycles. The third-order valence-electron chi connectivity index (χ3n) is 3.29. The van der Waals surface area contributed by atoms with E-state index in [1.807, 2.05) is 0 Å². The Morgan fingerprint density at radius 3 is 2.60 bits per heavy atom. The van der Waals surface area contributed by atoms with E-state index in [2.05, 4.69) is 33.8 Å². The lowest BCUT2D eigenvalue weighted by Gasteiger charge is -2.34. The minimum Gasteiger partial charge on any atom is -0.312 e. The molecule has 0 radical (unpaired) electrons. The average Bonchev–Trinajstić information content (AvgIpc) is 2.28. The van der Waals surface area contributed by atoms with Crippen molar-refractivity contribution in [3.05, 3.63) is 0 Å². The quantitative estimate of drug-likeness (QED) is 0.751. The molecule has 0 aromatic heterocycles. The molecule has 1 N–H and O–H groups in total. The normalized spacial score (nSPS) is 30.6. The molecule has 88 valence electrons. The van der Waals surface area contributed by atoms with Crippen LogP contribution >= 0.6 is 11.8 Å². The molecule has 2 saturated heterocycles. The van der Waals surface area contributed by atoms with Gasteiger partial charge in [0.1, 0.15) is 0 Å². The van der Waals surface area contributed by atoms with E-state index in [0.29, 0.717) is 6.04 Å². The van der Waals surface area contributed by atoms with Crippen LogP contribution in [0.1, 0.15) is 6.92 Å². The Labute approximate surface area is 97.6 Å². The van der Waals surface area contributed by atoms with Crippen LogP contribution in [0.25, 0.3) is 0 Å². The van der Waals surface area contributed by atoms with Crippen molar-refractivity contribution in [1.29, 1.82) is 0 Å². The molecule has 2 aliphatic rings. The fraction of sp³-hybridized carbons (Fsp3) is 1.00. The van der Waals surface area contributed by atoms with E-state index in [-0.39, 0.29) is 0 Å². The first-order valence-corrected chi connectivity index (χ1v) is 7.26. The number of piperazine rings is 1. The lowest BCUT2D eigenvalue weighted by Crippen LogP contribution is -2.51. The molecule has 0 aromatic rings. The molecule has 0 spiro atoms. The van der Waals surface area contributed by atoms with E-state index in [9.17, 15) is 0 Å². The summed E-state index contributed by atoms with van der Waals surface area (Å²) >= 11 is 2.10. The van der Waals surface area contributed by atoms with Gasteiger partial charge >= 0.3 is 0 Å². The van der Waals surface area contributed by atoms with Gasteiger partial charge in [-0.1, -0.05) is 0 Å². The Morgan fingerprint density at radius 1 is 1.13 bits per heavy atom. The van der Waals surface area contributed by atoms with Crippen LogP contribution in [0.4, 0.5) is 0 Å². The van der Waals surface area contributed by atoms with Crippen molar-refractivity contribution in [3.63, 3.8) is 0 Å². The van der Waals surface area contributed by atoms with Crippen LogP contribution in [-0.2, 0) is 0 Å². The van der Waals surface area contributed by atoms with Gasteiger partial charge in [0.05, 0.1) is 0 Å². The first-order valence-electron chi connectivity index (χ1n) is 6.10. The van der Waals surface area contributed by atoms with Crippen LogP contribution in [0.5, 0.6) is 0 Å². The van der Waals surface area contributed by atoms with Gasteiger partial charge in [-0.2, -0.15) is 11.8 Å². The highest BCUT2D eigenvalue weighted by Gasteiger charge is 2.16. The molecule has 15 heavy (non-hydrogen) atoms. The van der Waals surface area contributed by atoms with E-state index in [1.54, 1.807) is 0 Å². The molecule has 4 heteroatoms. The van der Waals surface area contributed by atoms with Crippen molar-refractivity contribution < 1.29 is 0 Å². The molecule has 1 atom stereocenters. The predicted molar refractivity (Wildman–Crippen MR) is 67.7 cm³/mol. The third-order valence-corrected chi connectivity index (χ3v) is 4.23. The summed E-state index contributed by atoms with van der Waals surface area (Å²) in [6, 6.07) is 0.677. The lowest BCUT2D eigenvalue weighted by atomic mass is 10.2. The second kappa shape index (κ2) is 6.09. The van der Waals surface area contributed by atoms with E-state index < -0.39 is 0 Å². The second-order valence-electron chi connectivity index (χ2n) is 4.61. The summed E-state index contributed by atoms with van der Waals surface area (Å²) < 4.78 is 0. The summed E-state index contributed by atoms with van der Waals surface area (Å²) in [6.07, 6.45) is 0. The highest BCUT2D eigenvalue weighted by atomic mass is 32.2. The number of rotatable bonds is 3. The van der Waals surface area contributed by atoms with Gasteiger partial charge < -0.3 is 10.2 Å². The minimum atomic E-state index is 0.677. The molecular formula is C11H23N3S. The van der Waals surface area contributed by atoms with Crippen molar-refractivity contribution >= 4 is 11.8 Å². The van der Waals surface area contributed by atoms with Crippen LogP contribution in [0, 0.1) is 0 Å². The van der Waals surface area contributed by atoms with Crippen molar-refractivity contribution in [2.24, 2.45) is 0 Å². The van der Waals surface area contributed by atoms with Crippen LogP contribution in [0.2, 0.25) is 0 Å². The maximum Gasteiger partial charge on any atom is 0.0167 e. The number of nitrogens with one attached hydrogen (secondary N) is 1. The Balaban J connectivity index is 1.63. The molecule has 2 heterocycles. The first-order chi connectivity index (χ1) is 7.34. The fourth-order valence-electron chi connectivity index (χ4n) is 2.32. The molecule has 2 fully saturated rings. The monoisotopic (exact) mass is 229 g/mol. The maximum absolute atomic E-state index is 3.49. The van der Waals surface area contributed by atoms with Crippen molar-refractivity contribution in [3.8, 4) is 0 Å². The Hall–Kier alpha value is 0.230. The molecule has 0 bridgehead atoms. The Kier molecular flexibility index (Phi) is 4.75. The number of thioether (sulfide) groups is 1. The van der Waals surface area contributed by atoms with Crippen molar-refractivity contribution in [2.75, 3.05) is 57.3 Å². The van der Waals surface area contributed by atoms with Crippen LogP contribution in [0.3, 0.4) is 0 Å². The second-order valence-corrected chi connectivity index (χ2v) is 5.83. The first kappa shape index (κ1) is 11.7. The zero-order valence-electron chi connectivity index (χ0n) is 9.74. The van der Waals surface area contributed by atoms with Crippen LogP contribution in [0.15, 0.2) is 0 Å². The highest BCUT2D eigenvalue weighted by Crippen LogP contribution is 2.09. The minimum absolute atomic E-state index is 0.677. The van der Waals surface area contributed by atoms with Gasteiger partial charge in [0.25, 0.3) is 0 Å². The third kappa shape index (κ3) is 3.94. The lowest BCUT2D eigenvalue weighted by molar-refractivity contribution is 0.175. The average molecular weight is 229 g/mol. The molecule has 0 amide bonds. The molecule has 2 aliphatic heterocycles. The number of nitrogens with zero attached hydrogens (tertiary/aromatic N) is 2. The number of hydrogen-bond donors (Lipinski definition) is 1. The van der Waals surface area contributed by atoms with Crippen molar-refractivity contribution in [1.82, 2.24) is 15.1 Å². The van der Waals surface area contributed by atoms with E-state index in [1.165, 1.54) is 50.8 Å². The SMILES string of the molecule is CC1CN(CCN2CCSCC2)CCN1. The highest BCUT2D eigenvalue weighted by molar-refractivity contribution is 7.99. The van der Waals surface area contributed by atoms with Gasteiger partial charge in [-0.15, -0.1) is 0 Å². The molecule has 2 rings (SSSR count). The van der Waals surface area contributed by atoms with E-state index >= 15 is 0 Å². The molecule has 0 aromatic carbocycles. The van der Waals surface area contributed by atoms with Gasteiger partial charge in [0, 0.05) is 63.4 Å². The zero-order chi connectivity index (χ0) is 10.5. The fourth-order valence-corrected chi connectivity index (χ4v) is 3.30. The molecule has 0 aliphatic carbocycles. The molecular weight excluding hydrogens is 206 g/mol. The van der Waals surface area contributed by atoms with Crippen LogP contribution < -0.4 is 5.32 Å². The smallest absolute Gasteiger partial charge is 0.0167 e. The summed E-state index contributed by atoms with van der Waals surface area (Å²) in [5, 5.41) is 3.49. The van der Waals surface area contributed by atoms with Crippen molar-refractivity contribution in [2.45, 2.75) is 13.0 Å². The topological polar surface area (TPSA) is 18.5 Å². The standard InChI is InChI=1S/C11H23N3S/c1-11-10-14(3-2-12-11)5-4-13-6-8-15-9-7-13/h11-12H,2-10H2,1H3.